The summed E-state index contributed by atoms with van der Waals surface area (Å²) in [5.74, 6) is 2.64. The Morgan fingerprint density at radius 1 is 0.857 bits per heavy atom. The Morgan fingerprint density at radius 2 is 1.43 bits per heavy atom. The summed E-state index contributed by atoms with van der Waals surface area (Å²) in [4.78, 5) is 0. The maximum atomic E-state index is 6.13. The van der Waals surface area contributed by atoms with Gasteiger partial charge in [0.2, 0.25) is 0 Å². The van der Waals surface area contributed by atoms with Gasteiger partial charge < -0.3 is 9.47 Å². The first-order valence-corrected chi connectivity index (χ1v) is 9.42. The third-order valence-electron chi connectivity index (χ3n) is 5.82. The van der Waals surface area contributed by atoms with Gasteiger partial charge in [0, 0.05) is 13.2 Å². The van der Waals surface area contributed by atoms with Crippen LogP contribution >= 0.6 is 0 Å². The van der Waals surface area contributed by atoms with Crippen molar-refractivity contribution in [2.75, 3.05) is 13.2 Å². The topological polar surface area (TPSA) is 18.5 Å². The van der Waals surface area contributed by atoms with Gasteiger partial charge in [0.1, 0.15) is 0 Å². The van der Waals surface area contributed by atoms with E-state index in [1.54, 1.807) is 0 Å². The van der Waals surface area contributed by atoms with Gasteiger partial charge in [0.15, 0.2) is 0 Å². The van der Waals surface area contributed by atoms with E-state index in [2.05, 4.69) is 20.8 Å². The van der Waals surface area contributed by atoms with E-state index in [9.17, 15) is 0 Å². The van der Waals surface area contributed by atoms with Gasteiger partial charge in [-0.1, -0.05) is 13.8 Å². The zero-order valence-corrected chi connectivity index (χ0v) is 14.5. The van der Waals surface area contributed by atoms with Crippen molar-refractivity contribution in [2.45, 2.75) is 90.8 Å². The van der Waals surface area contributed by atoms with Gasteiger partial charge in [-0.25, -0.2) is 0 Å². The van der Waals surface area contributed by atoms with E-state index < -0.39 is 0 Å². The first kappa shape index (κ1) is 17.3. The minimum Gasteiger partial charge on any atom is -0.379 e. The van der Waals surface area contributed by atoms with Crippen LogP contribution in [-0.4, -0.2) is 25.4 Å². The van der Waals surface area contributed by atoms with Crippen LogP contribution in [0.3, 0.4) is 0 Å². The lowest BCUT2D eigenvalue weighted by atomic mass is 9.78. The second-order valence-corrected chi connectivity index (χ2v) is 7.51. The molecule has 0 aromatic carbocycles. The van der Waals surface area contributed by atoms with Gasteiger partial charge in [-0.2, -0.15) is 0 Å². The molecule has 0 aromatic heterocycles. The van der Waals surface area contributed by atoms with Crippen LogP contribution in [0.25, 0.3) is 0 Å². The van der Waals surface area contributed by atoms with E-state index in [0.717, 1.165) is 31.0 Å². The van der Waals surface area contributed by atoms with E-state index in [1.807, 2.05) is 0 Å². The molecule has 0 amide bonds. The monoisotopic (exact) mass is 296 g/mol. The minimum absolute atomic E-state index is 0.541. The molecule has 2 saturated carbocycles. The van der Waals surface area contributed by atoms with Crippen LogP contribution in [0, 0.1) is 17.8 Å². The number of rotatable bonds is 7. The van der Waals surface area contributed by atoms with Crippen LogP contribution in [0.1, 0.15) is 78.6 Å². The summed E-state index contributed by atoms with van der Waals surface area (Å²) in [6.45, 7) is 8.76. The zero-order valence-electron chi connectivity index (χ0n) is 14.5. The van der Waals surface area contributed by atoms with Crippen molar-refractivity contribution in [3.05, 3.63) is 0 Å². The molecule has 21 heavy (non-hydrogen) atoms. The fraction of sp³-hybridized carbons (Fsp3) is 1.00. The Hall–Kier alpha value is -0.0800. The average Bonchev–Trinajstić information content (AvgIpc) is 2.50. The van der Waals surface area contributed by atoms with Crippen molar-refractivity contribution in [2.24, 2.45) is 17.8 Å². The molecule has 2 fully saturated rings. The van der Waals surface area contributed by atoms with Gasteiger partial charge in [0.05, 0.1) is 12.2 Å². The van der Waals surface area contributed by atoms with Crippen molar-refractivity contribution in [3.63, 3.8) is 0 Å². The Balaban J connectivity index is 1.56. The molecule has 0 saturated heterocycles. The summed E-state index contributed by atoms with van der Waals surface area (Å²) in [6.07, 6.45) is 12.9. The molecule has 0 radical (unpaired) electrons. The quantitative estimate of drug-likeness (QED) is 0.642. The molecule has 0 aromatic rings. The first-order chi connectivity index (χ1) is 10.2. The molecule has 0 N–H and O–H groups in total. The van der Waals surface area contributed by atoms with Gasteiger partial charge in [0.25, 0.3) is 0 Å². The van der Waals surface area contributed by atoms with Crippen molar-refractivity contribution in [3.8, 4) is 0 Å². The van der Waals surface area contributed by atoms with Gasteiger partial charge in [-0.15, -0.1) is 0 Å². The van der Waals surface area contributed by atoms with Crippen molar-refractivity contribution >= 4 is 0 Å². The van der Waals surface area contributed by atoms with Crippen LogP contribution in [0.5, 0.6) is 0 Å². The lowest BCUT2D eigenvalue weighted by Gasteiger charge is -2.32. The third-order valence-corrected chi connectivity index (χ3v) is 5.82. The summed E-state index contributed by atoms with van der Waals surface area (Å²) >= 11 is 0. The molecule has 1 unspecified atom stereocenters. The van der Waals surface area contributed by atoms with Crippen LogP contribution < -0.4 is 0 Å². The molecule has 124 valence electrons. The predicted octanol–water partition coefficient (Wildman–Crippen LogP) is 5.20. The van der Waals surface area contributed by atoms with Crippen LogP contribution in [0.2, 0.25) is 0 Å². The highest BCUT2D eigenvalue weighted by Gasteiger charge is 2.25. The van der Waals surface area contributed by atoms with E-state index >= 15 is 0 Å². The molecule has 1 atom stereocenters. The van der Waals surface area contributed by atoms with Gasteiger partial charge >= 0.3 is 0 Å². The Morgan fingerprint density at radius 3 is 2.05 bits per heavy atom. The van der Waals surface area contributed by atoms with E-state index in [1.165, 1.54) is 57.8 Å². The highest BCUT2D eigenvalue weighted by atomic mass is 16.5. The highest BCUT2D eigenvalue weighted by Crippen LogP contribution is 2.33. The SMILES string of the molecule is CCOC1CCC(C(C)CCOC2CCC(C)CC2)CC1. The van der Waals surface area contributed by atoms with Crippen LogP contribution in [0.15, 0.2) is 0 Å². The molecule has 2 heteroatoms. The number of hydrogen-bond donors (Lipinski definition) is 0. The van der Waals surface area contributed by atoms with Crippen molar-refractivity contribution in [1.29, 1.82) is 0 Å². The summed E-state index contributed by atoms with van der Waals surface area (Å²) in [7, 11) is 0. The summed E-state index contributed by atoms with van der Waals surface area (Å²) in [5.41, 5.74) is 0. The molecular formula is C19H36O2. The minimum atomic E-state index is 0.541. The summed E-state index contributed by atoms with van der Waals surface area (Å²) < 4.78 is 11.9. The van der Waals surface area contributed by atoms with E-state index in [-0.39, 0.29) is 0 Å². The Labute approximate surface area is 132 Å². The fourth-order valence-electron chi connectivity index (χ4n) is 4.11. The molecule has 2 rings (SSSR count). The molecule has 0 aliphatic heterocycles. The first-order valence-electron chi connectivity index (χ1n) is 9.42. The third kappa shape index (κ3) is 5.90. The average molecular weight is 296 g/mol. The lowest BCUT2D eigenvalue weighted by molar-refractivity contribution is -0.000156. The number of hydrogen-bond acceptors (Lipinski definition) is 2. The molecule has 2 nitrogen and oxygen atoms in total. The normalized spacial score (nSPS) is 35.6. The van der Waals surface area contributed by atoms with E-state index in [4.69, 9.17) is 9.47 Å². The molecule has 0 heterocycles. The molecule has 2 aliphatic rings. The largest absolute Gasteiger partial charge is 0.379 e. The van der Waals surface area contributed by atoms with Crippen LogP contribution in [-0.2, 0) is 9.47 Å². The van der Waals surface area contributed by atoms with Gasteiger partial charge in [-0.3, -0.25) is 0 Å². The van der Waals surface area contributed by atoms with Crippen molar-refractivity contribution < 1.29 is 9.47 Å². The fourth-order valence-corrected chi connectivity index (χ4v) is 4.11. The molecule has 2 aliphatic carbocycles. The molecule has 0 bridgehead atoms. The van der Waals surface area contributed by atoms with Gasteiger partial charge in [-0.05, 0) is 82.5 Å². The summed E-state index contributed by atoms with van der Waals surface area (Å²) in [5, 5.41) is 0. The standard InChI is InChI=1S/C19H36O2/c1-4-20-18-11-7-17(8-12-18)16(3)13-14-21-19-9-5-15(2)6-10-19/h15-19H,4-14H2,1-3H3. The second kappa shape index (κ2) is 9.15. The Kier molecular flexibility index (Phi) is 7.53. The maximum Gasteiger partial charge on any atom is 0.0575 e. The predicted molar refractivity (Wildman–Crippen MR) is 88.5 cm³/mol. The number of ether oxygens (including phenoxy) is 2. The lowest BCUT2D eigenvalue weighted by Crippen LogP contribution is -2.26. The molecule has 0 spiro atoms. The van der Waals surface area contributed by atoms with E-state index in [0.29, 0.717) is 12.2 Å². The zero-order chi connectivity index (χ0) is 15.1. The maximum absolute atomic E-state index is 6.13. The molecular weight excluding hydrogens is 260 g/mol. The Bertz CT molecular complexity index is 263. The second-order valence-electron chi connectivity index (χ2n) is 7.51. The highest BCUT2D eigenvalue weighted by molar-refractivity contribution is 4.77. The smallest absolute Gasteiger partial charge is 0.0575 e. The van der Waals surface area contributed by atoms with Crippen LogP contribution in [0.4, 0.5) is 0 Å². The summed E-state index contributed by atoms with van der Waals surface area (Å²) in [6, 6.07) is 0. The van der Waals surface area contributed by atoms with Crippen molar-refractivity contribution in [1.82, 2.24) is 0 Å².